The summed E-state index contributed by atoms with van der Waals surface area (Å²) in [6.07, 6.45) is 4.41. The number of nitrogens with two attached hydrogens (primary N) is 1. The Kier molecular flexibility index (Phi) is 4.71. The lowest BCUT2D eigenvalue weighted by molar-refractivity contribution is 0.184. The van der Waals surface area contributed by atoms with E-state index < -0.39 is 0 Å². The summed E-state index contributed by atoms with van der Waals surface area (Å²) in [4.78, 5) is 6.64. The van der Waals surface area contributed by atoms with E-state index in [9.17, 15) is 0 Å². The van der Waals surface area contributed by atoms with Crippen LogP contribution in [0, 0.1) is 0 Å². The van der Waals surface area contributed by atoms with E-state index in [1.54, 1.807) is 6.26 Å². The van der Waals surface area contributed by atoms with Crippen molar-refractivity contribution < 1.29 is 4.42 Å². The van der Waals surface area contributed by atoms with Crippen molar-refractivity contribution in [1.29, 1.82) is 0 Å². The lowest BCUT2D eigenvalue weighted by Crippen LogP contribution is -2.39. The van der Waals surface area contributed by atoms with Crippen LogP contribution in [0.3, 0.4) is 0 Å². The second-order valence-electron chi connectivity index (χ2n) is 4.77. The maximum Gasteiger partial charge on any atom is 0.117 e. The normalized spacial score (nSPS) is 14.5. The van der Waals surface area contributed by atoms with Gasteiger partial charge in [0.2, 0.25) is 0 Å². The second kappa shape index (κ2) is 6.50. The van der Waals surface area contributed by atoms with Gasteiger partial charge in [-0.25, -0.2) is 0 Å². The average Bonchev–Trinajstić information content (AvgIpc) is 2.93. The summed E-state index contributed by atoms with van der Waals surface area (Å²) in [5, 5.41) is 0. The van der Waals surface area contributed by atoms with Gasteiger partial charge in [-0.15, -0.1) is 0 Å². The first kappa shape index (κ1) is 13.8. The van der Waals surface area contributed by atoms with Crippen molar-refractivity contribution >= 4 is 0 Å². The topological polar surface area (TPSA) is 55.3 Å². The number of furan rings is 1. The highest BCUT2D eigenvalue weighted by Crippen LogP contribution is 2.23. The molecule has 0 fully saturated rings. The van der Waals surface area contributed by atoms with Gasteiger partial charge in [0, 0.05) is 12.2 Å². The first-order valence-corrected chi connectivity index (χ1v) is 6.61. The van der Waals surface area contributed by atoms with Crippen molar-refractivity contribution in [3.63, 3.8) is 0 Å². The molecule has 0 saturated heterocycles. The minimum absolute atomic E-state index is 0.0508. The van der Waals surface area contributed by atoms with Crippen LogP contribution < -0.4 is 5.73 Å². The van der Waals surface area contributed by atoms with Crippen LogP contribution in [0.15, 0.2) is 47.2 Å². The van der Waals surface area contributed by atoms with Gasteiger partial charge in [0.1, 0.15) is 5.76 Å². The van der Waals surface area contributed by atoms with E-state index in [1.807, 2.05) is 36.5 Å². The third-order valence-electron chi connectivity index (χ3n) is 3.33. The van der Waals surface area contributed by atoms with Gasteiger partial charge in [-0.05, 0) is 37.7 Å². The molecule has 2 unspecified atom stereocenters. The maximum absolute atomic E-state index is 6.27. The van der Waals surface area contributed by atoms with Gasteiger partial charge in [0.25, 0.3) is 0 Å². The zero-order valence-electron chi connectivity index (χ0n) is 11.5. The van der Waals surface area contributed by atoms with Gasteiger partial charge >= 0.3 is 0 Å². The highest BCUT2D eigenvalue weighted by atomic mass is 16.3. The fourth-order valence-electron chi connectivity index (χ4n) is 2.29. The highest BCUT2D eigenvalue weighted by Gasteiger charge is 2.24. The summed E-state index contributed by atoms with van der Waals surface area (Å²) in [5.41, 5.74) is 7.27. The van der Waals surface area contributed by atoms with Gasteiger partial charge in [0.05, 0.1) is 24.5 Å². The molecule has 0 radical (unpaired) electrons. The molecule has 2 rings (SSSR count). The van der Waals surface area contributed by atoms with Crippen molar-refractivity contribution in [2.45, 2.75) is 32.0 Å². The molecule has 0 bridgehead atoms. The summed E-state index contributed by atoms with van der Waals surface area (Å²) in [6.45, 7) is 2.82. The summed E-state index contributed by atoms with van der Waals surface area (Å²) < 4.78 is 5.40. The molecular formula is C15H21N3O. The Morgan fingerprint density at radius 1 is 1.32 bits per heavy atom. The van der Waals surface area contributed by atoms with Gasteiger partial charge < -0.3 is 10.2 Å². The Morgan fingerprint density at radius 3 is 2.74 bits per heavy atom. The van der Waals surface area contributed by atoms with E-state index in [2.05, 4.69) is 23.9 Å². The Hall–Kier alpha value is -1.65. The molecule has 4 nitrogen and oxygen atoms in total. The highest BCUT2D eigenvalue weighted by molar-refractivity contribution is 5.12. The summed E-state index contributed by atoms with van der Waals surface area (Å²) in [5.74, 6) is 0.937. The van der Waals surface area contributed by atoms with Gasteiger partial charge in [-0.2, -0.15) is 0 Å². The third kappa shape index (κ3) is 3.43. The smallest absolute Gasteiger partial charge is 0.117 e. The number of hydrogen-bond acceptors (Lipinski definition) is 4. The van der Waals surface area contributed by atoms with Gasteiger partial charge in [-0.1, -0.05) is 13.0 Å². The van der Waals surface area contributed by atoms with E-state index in [1.165, 1.54) is 0 Å². The van der Waals surface area contributed by atoms with Crippen molar-refractivity contribution in [2.24, 2.45) is 5.73 Å². The number of rotatable bonds is 6. The molecule has 2 aromatic heterocycles. The minimum Gasteiger partial charge on any atom is -0.468 e. The number of nitrogens with zero attached hydrogens (tertiary/aromatic N) is 2. The SMILES string of the molecule is CCC(N)C(c1ccccn1)N(C)Cc1ccco1. The molecule has 19 heavy (non-hydrogen) atoms. The van der Waals surface area contributed by atoms with Crippen molar-refractivity contribution in [2.75, 3.05) is 7.05 Å². The Balaban J connectivity index is 2.18. The lowest BCUT2D eigenvalue weighted by atomic mass is 10.0. The van der Waals surface area contributed by atoms with Gasteiger partial charge in [-0.3, -0.25) is 9.88 Å². The molecule has 0 amide bonds. The molecule has 0 aliphatic rings. The van der Waals surface area contributed by atoms with Crippen LogP contribution in [0.2, 0.25) is 0 Å². The first-order chi connectivity index (χ1) is 9.22. The standard InChI is InChI=1S/C15H21N3O/c1-3-13(16)15(14-8-4-5-9-17-14)18(2)11-12-7-6-10-19-12/h4-10,13,15H,3,11,16H2,1-2H3. The Morgan fingerprint density at radius 2 is 2.16 bits per heavy atom. The largest absolute Gasteiger partial charge is 0.468 e. The quantitative estimate of drug-likeness (QED) is 0.866. The zero-order chi connectivity index (χ0) is 13.7. The van der Waals surface area contributed by atoms with Crippen molar-refractivity contribution in [3.8, 4) is 0 Å². The molecule has 2 aromatic rings. The van der Waals surface area contributed by atoms with Crippen molar-refractivity contribution in [1.82, 2.24) is 9.88 Å². The number of hydrogen-bond donors (Lipinski definition) is 1. The maximum atomic E-state index is 6.27. The van der Waals surface area contributed by atoms with E-state index in [4.69, 9.17) is 10.2 Å². The van der Waals surface area contributed by atoms with Crippen LogP contribution in [-0.4, -0.2) is 23.0 Å². The van der Waals surface area contributed by atoms with E-state index in [0.717, 1.165) is 24.4 Å². The number of pyridine rings is 1. The third-order valence-corrected chi connectivity index (χ3v) is 3.33. The molecule has 2 atom stereocenters. The Bertz CT molecular complexity index is 469. The molecule has 0 saturated carbocycles. The summed E-state index contributed by atoms with van der Waals surface area (Å²) in [7, 11) is 2.05. The number of likely N-dealkylation sites (N-methyl/N-ethyl adjacent to an activating group) is 1. The second-order valence-corrected chi connectivity index (χ2v) is 4.77. The van der Waals surface area contributed by atoms with Crippen molar-refractivity contribution in [3.05, 3.63) is 54.2 Å². The number of aromatic nitrogens is 1. The molecular weight excluding hydrogens is 238 g/mol. The van der Waals surface area contributed by atoms with Crippen LogP contribution in [0.5, 0.6) is 0 Å². The van der Waals surface area contributed by atoms with E-state index in [-0.39, 0.29) is 12.1 Å². The molecule has 102 valence electrons. The summed E-state index contributed by atoms with van der Waals surface area (Å²) in [6, 6.07) is 9.97. The molecule has 0 aliphatic carbocycles. The monoisotopic (exact) mass is 259 g/mol. The predicted octanol–water partition coefficient (Wildman–Crippen LogP) is 2.59. The van der Waals surface area contributed by atoms with Crippen LogP contribution >= 0.6 is 0 Å². The predicted molar refractivity (Wildman–Crippen MR) is 75.4 cm³/mol. The van der Waals surface area contributed by atoms with E-state index >= 15 is 0 Å². The fourth-order valence-corrected chi connectivity index (χ4v) is 2.29. The Labute approximate surface area is 114 Å². The van der Waals surface area contributed by atoms with Crippen LogP contribution in [0.25, 0.3) is 0 Å². The molecule has 4 heteroatoms. The van der Waals surface area contributed by atoms with Crippen LogP contribution in [0.4, 0.5) is 0 Å². The first-order valence-electron chi connectivity index (χ1n) is 6.61. The molecule has 0 aromatic carbocycles. The zero-order valence-corrected chi connectivity index (χ0v) is 11.5. The molecule has 0 aliphatic heterocycles. The fraction of sp³-hybridized carbons (Fsp3) is 0.400. The molecule has 2 heterocycles. The molecule has 2 N–H and O–H groups in total. The van der Waals surface area contributed by atoms with Gasteiger partial charge in [0.15, 0.2) is 0 Å². The lowest BCUT2D eigenvalue weighted by Gasteiger charge is -2.31. The van der Waals surface area contributed by atoms with Crippen LogP contribution in [0.1, 0.15) is 30.8 Å². The molecule has 0 spiro atoms. The minimum atomic E-state index is 0.0508. The summed E-state index contributed by atoms with van der Waals surface area (Å²) >= 11 is 0. The average molecular weight is 259 g/mol. The van der Waals surface area contributed by atoms with E-state index in [0.29, 0.717) is 0 Å². The van der Waals surface area contributed by atoms with Crippen LogP contribution in [-0.2, 0) is 6.54 Å².